The fourth-order valence-electron chi connectivity index (χ4n) is 1.61. The van der Waals surface area contributed by atoms with Gasteiger partial charge in [0.25, 0.3) is 0 Å². The molecule has 0 aliphatic rings. The summed E-state index contributed by atoms with van der Waals surface area (Å²) in [5.74, 6) is 1.08. The zero-order chi connectivity index (χ0) is 13.8. The summed E-state index contributed by atoms with van der Waals surface area (Å²) in [7, 11) is -1.56. The van der Waals surface area contributed by atoms with E-state index in [-0.39, 0.29) is 5.75 Å². The lowest BCUT2D eigenvalue weighted by atomic mass is 10.1. The molecule has 102 valence electrons. The average molecular weight is 275 g/mol. The largest absolute Gasteiger partial charge is 0.493 e. The van der Waals surface area contributed by atoms with Crippen molar-refractivity contribution in [3.05, 3.63) is 23.8 Å². The zero-order valence-corrected chi connectivity index (χ0v) is 11.7. The Kier molecular flexibility index (Phi) is 4.98. The number of rotatable bonds is 6. The third-order valence-electron chi connectivity index (χ3n) is 2.40. The topological polar surface area (TPSA) is 78.6 Å². The van der Waals surface area contributed by atoms with Crippen LogP contribution in [0.4, 0.5) is 0 Å². The number of ether oxygens (including phenoxy) is 2. The zero-order valence-electron chi connectivity index (χ0n) is 10.8. The Balaban J connectivity index is 3.00. The molecule has 0 bridgehead atoms. The molecule has 0 heterocycles. The van der Waals surface area contributed by atoms with Crippen LogP contribution in [0.25, 0.3) is 0 Å². The smallest absolute Gasteiger partial charge is 0.161 e. The van der Waals surface area contributed by atoms with Crippen LogP contribution < -0.4 is 15.2 Å². The molecule has 1 rings (SSSR count). The quantitative estimate of drug-likeness (QED) is 0.788. The van der Waals surface area contributed by atoms with Crippen molar-refractivity contribution in [2.24, 2.45) is 5.73 Å². The molecule has 0 saturated carbocycles. The monoisotopic (exact) mass is 275 g/mol. The Hall–Kier alpha value is -1.27. The third kappa shape index (κ3) is 4.19. The standard InChI is InChI=1S/C12H19NO4S/c1-4-17-12-7-9(5-6-11(12)16-2)10(13)8-18(3,14)15/h5-7,10H,4,8,13H2,1-3H3/i3+1,8+1. The molecule has 0 fully saturated rings. The van der Waals surface area contributed by atoms with Gasteiger partial charge >= 0.3 is 0 Å². The first-order valence-corrected chi connectivity index (χ1v) is 7.67. The molecule has 2 N–H and O–H groups in total. The molecule has 0 saturated heterocycles. The predicted octanol–water partition coefficient (Wildman–Crippen LogP) is 1.14. The van der Waals surface area contributed by atoms with E-state index in [1.807, 2.05) is 6.92 Å². The highest BCUT2D eigenvalue weighted by Gasteiger charge is 2.15. The van der Waals surface area contributed by atoms with E-state index in [0.29, 0.717) is 23.7 Å². The number of hydrogen-bond acceptors (Lipinski definition) is 5. The van der Waals surface area contributed by atoms with Gasteiger partial charge in [-0.2, -0.15) is 0 Å². The van der Waals surface area contributed by atoms with Crippen LogP contribution in [0.2, 0.25) is 0 Å². The minimum atomic E-state index is -3.11. The molecule has 1 atom stereocenters. The van der Waals surface area contributed by atoms with Gasteiger partial charge in [0, 0.05) is 12.3 Å². The van der Waals surface area contributed by atoms with Crippen LogP contribution in [0.3, 0.4) is 0 Å². The summed E-state index contributed by atoms with van der Waals surface area (Å²) in [5.41, 5.74) is 6.57. The molecule has 1 aromatic rings. The van der Waals surface area contributed by atoms with Crippen LogP contribution in [-0.2, 0) is 9.84 Å². The average Bonchev–Trinajstić information content (AvgIpc) is 2.27. The minimum Gasteiger partial charge on any atom is -0.493 e. The second-order valence-corrected chi connectivity index (χ2v) is 6.23. The van der Waals surface area contributed by atoms with E-state index in [1.54, 1.807) is 25.3 Å². The van der Waals surface area contributed by atoms with Crippen molar-refractivity contribution in [1.29, 1.82) is 0 Å². The lowest BCUT2D eigenvalue weighted by Gasteiger charge is -2.15. The van der Waals surface area contributed by atoms with Crippen LogP contribution in [0.15, 0.2) is 18.2 Å². The lowest BCUT2D eigenvalue weighted by Crippen LogP contribution is -2.20. The first-order valence-electron chi connectivity index (χ1n) is 5.61. The van der Waals surface area contributed by atoms with Gasteiger partial charge in [0.15, 0.2) is 11.5 Å². The Morgan fingerprint density at radius 1 is 1.33 bits per heavy atom. The maximum atomic E-state index is 11.2. The van der Waals surface area contributed by atoms with E-state index in [2.05, 4.69) is 0 Å². The highest BCUT2D eigenvalue weighted by molar-refractivity contribution is 7.90. The van der Waals surface area contributed by atoms with E-state index >= 15 is 0 Å². The Labute approximate surface area is 108 Å². The summed E-state index contributed by atoms with van der Waals surface area (Å²) in [4.78, 5) is 0. The van der Waals surface area contributed by atoms with Gasteiger partial charge < -0.3 is 15.2 Å². The molecule has 0 amide bonds. The Morgan fingerprint density at radius 2 is 2.00 bits per heavy atom. The molecule has 1 aromatic carbocycles. The number of methoxy groups -OCH3 is 1. The van der Waals surface area contributed by atoms with Gasteiger partial charge in [-0.05, 0) is 24.6 Å². The van der Waals surface area contributed by atoms with E-state index in [9.17, 15) is 8.42 Å². The summed E-state index contributed by atoms with van der Waals surface area (Å²) in [6.45, 7) is 2.36. The summed E-state index contributed by atoms with van der Waals surface area (Å²) >= 11 is 0. The van der Waals surface area contributed by atoms with Crippen LogP contribution in [-0.4, -0.2) is 34.1 Å². The van der Waals surface area contributed by atoms with Crippen molar-refractivity contribution in [2.75, 3.05) is 25.7 Å². The van der Waals surface area contributed by atoms with Gasteiger partial charge in [-0.15, -0.1) is 0 Å². The van der Waals surface area contributed by atoms with Gasteiger partial charge in [-0.25, -0.2) is 8.42 Å². The second kappa shape index (κ2) is 6.06. The van der Waals surface area contributed by atoms with E-state index in [1.165, 1.54) is 6.26 Å². The lowest BCUT2D eigenvalue weighted by molar-refractivity contribution is 0.310. The predicted molar refractivity (Wildman–Crippen MR) is 70.8 cm³/mol. The van der Waals surface area contributed by atoms with E-state index < -0.39 is 15.9 Å². The fourth-order valence-corrected chi connectivity index (χ4v) is 2.46. The molecular formula is C12H19NO4S. The summed E-state index contributed by atoms with van der Waals surface area (Å²) in [5, 5.41) is 0. The van der Waals surface area contributed by atoms with Crippen molar-refractivity contribution < 1.29 is 17.9 Å². The minimum absolute atomic E-state index is 0.0924. The molecule has 0 spiro atoms. The van der Waals surface area contributed by atoms with Crippen LogP contribution in [0.1, 0.15) is 18.5 Å². The van der Waals surface area contributed by atoms with Gasteiger partial charge in [-0.3, -0.25) is 0 Å². The van der Waals surface area contributed by atoms with Crippen molar-refractivity contribution in [1.82, 2.24) is 0 Å². The molecule has 18 heavy (non-hydrogen) atoms. The van der Waals surface area contributed by atoms with Gasteiger partial charge in [0.2, 0.25) is 0 Å². The van der Waals surface area contributed by atoms with Crippen molar-refractivity contribution in [3.63, 3.8) is 0 Å². The molecule has 5 nitrogen and oxygen atoms in total. The van der Waals surface area contributed by atoms with Crippen molar-refractivity contribution >= 4 is 9.84 Å². The Morgan fingerprint density at radius 3 is 2.50 bits per heavy atom. The third-order valence-corrected chi connectivity index (χ3v) is 3.36. The van der Waals surface area contributed by atoms with Crippen molar-refractivity contribution in [3.8, 4) is 11.5 Å². The van der Waals surface area contributed by atoms with E-state index in [4.69, 9.17) is 15.2 Å². The van der Waals surface area contributed by atoms with Gasteiger partial charge in [0.05, 0.1) is 19.5 Å². The summed E-state index contributed by atoms with van der Waals surface area (Å²) in [6.07, 6.45) is 1.17. The highest BCUT2D eigenvalue weighted by atomic mass is 32.2. The first-order chi connectivity index (χ1) is 8.37. The number of sulfone groups is 1. The summed E-state index contributed by atoms with van der Waals surface area (Å²) in [6, 6.07) is 4.63. The summed E-state index contributed by atoms with van der Waals surface area (Å²) < 4.78 is 33.0. The van der Waals surface area contributed by atoms with Crippen LogP contribution in [0, 0.1) is 0 Å². The second-order valence-electron chi connectivity index (χ2n) is 4.04. The van der Waals surface area contributed by atoms with Crippen molar-refractivity contribution in [2.45, 2.75) is 13.0 Å². The van der Waals surface area contributed by atoms with Gasteiger partial charge in [-0.1, -0.05) is 6.07 Å². The maximum absolute atomic E-state index is 11.2. The van der Waals surface area contributed by atoms with Crippen LogP contribution in [0.5, 0.6) is 11.5 Å². The number of nitrogens with two attached hydrogens (primary N) is 1. The number of hydrogen-bond donors (Lipinski definition) is 1. The molecule has 6 heteroatoms. The molecule has 1 unspecified atom stereocenters. The molecule has 0 aliphatic heterocycles. The SMILES string of the molecule is CCOc1cc(C(N)[13CH2]S([13CH3])(=O)=O)ccc1OC. The molecule has 0 aliphatic carbocycles. The normalized spacial score (nSPS) is 13.1. The highest BCUT2D eigenvalue weighted by Crippen LogP contribution is 2.30. The maximum Gasteiger partial charge on any atom is 0.161 e. The molecule has 0 radical (unpaired) electrons. The van der Waals surface area contributed by atoms with E-state index in [0.717, 1.165) is 0 Å². The molecule has 0 aromatic heterocycles. The van der Waals surface area contributed by atoms with Crippen LogP contribution >= 0.6 is 0 Å². The number of benzene rings is 1. The molecular weight excluding hydrogens is 256 g/mol. The fraction of sp³-hybridized carbons (Fsp3) is 0.500. The van der Waals surface area contributed by atoms with Gasteiger partial charge in [0.1, 0.15) is 9.84 Å². The first kappa shape index (κ1) is 14.8. The Bertz CT molecular complexity index is 499.